The molecule has 1 amide bonds. The van der Waals surface area contributed by atoms with Gasteiger partial charge in [-0.2, -0.15) is 0 Å². The first-order valence-corrected chi connectivity index (χ1v) is 7.23. The Bertz CT molecular complexity index is 758. The van der Waals surface area contributed by atoms with Crippen LogP contribution in [0.25, 0.3) is 0 Å². The van der Waals surface area contributed by atoms with Gasteiger partial charge in [0.15, 0.2) is 6.23 Å². The molecule has 9 nitrogen and oxygen atoms in total. The van der Waals surface area contributed by atoms with Crippen molar-refractivity contribution in [2.75, 3.05) is 12.0 Å². The number of benzene rings is 1. The second-order valence-electron chi connectivity index (χ2n) is 5.27. The zero-order valence-corrected chi connectivity index (χ0v) is 14.2. The summed E-state index contributed by atoms with van der Waals surface area (Å²) >= 11 is 0. The fraction of sp³-hybridized carbons (Fsp3) is 0.400. The molecular weight excluding hydrogens is 314 g/mol. The van der Waals surface area contributed by atoms with Crippen LogP contribution in [0, 0.1) is 13.8 Å². The molecule has 1 aromatic carbocycles. The van der Waals surface area contributed by atoms with Crippen molar-refractivity contribution < 1.29 is 19.1 Å². The lowest BCUT2D eigenvalue weighted by Crippen LogP contribution is -2.43. The van der Waals surface area contributed by atoms with Gasteiger partial charge in [-0.05, 0) is 42.8 Å². The Balaban J connectivity index is 2.43. The number of tetrazole rings is 1. The van der Waals surface area contributed by atoms with Crippen molar-refractivity contribution >= 4 is 18.0 Å². The molecule has 128 valence electrons. The number of anilines is 1. The number of rotatable bonds is 4. The number of aromatic nitrogens is 4. The molecule has 0 aliphatic carbocycles. The number of methoxy groups -OCH3 is 1. The molecule has 0 fully saturated rings. The Kier molecular flexibility index (Phi) is 5.12. The summed E-state index contributed by atoms with van der Waals surface area (Å²) in [4.78, 5) is 25.6. The summed E-state index contributed by atoms with van der Waals surface area (Å²) in [6, 6.07) is 5.44. The molecule has 0 saturated heterocycles. The van der Waals surface area contributed by atoms with E-state index in [1.54, 1.807) is 13.1 Å². The first-order chi connectivity index (χ1) is 11.3. The summed E-state index contributed by atoms with van der Waals surface area (Å²) in [5.41, 5.74) is 2.30. The standard InChI is InChI=1S/C15H19N5O4/c1-9-6-7-12(10(2)8-9)13(21)20(11(3)24-15(22)23-5)14-16-17-18-19(14)4/h6-8,11H,1-5H3. The summed E-state index contributed by atoms with van der Waals surface area (Å²) in [5, 5.41) is 11.1. The molecule has 9 heteroatoms. The molecule has 24 heavy (non-hydrogen) atoms. The molecule has 1 unspecified atom stereocenters. The van der Waals surface area contributed by atoms with Crippen molar-refractivity contribution in [2.24, 2.45) is 7.05 Å². The van der Waals surface area contributed by atoms with E-state index in [1.807, 2.05) is 26.0 Å². The van der Waals surface area contributed by atoms with E-state index in [0.29, 0.717) is 5.56 Å². The normalized spacial score (nSPS) is 11.7. The Morgan fingerprint density at radius 2 is 2.00 bits per heavy atom. The first kappa shape index (κ1) is 17.4. The van der Waals surface area contributed by atoms with Crippen LogP contribution in [0.5, 0.6) is 0 Å². The fourth-order valence-electron chi connectivity index (χ4n) is 2.27. The van der Waals surface area contributed by atoms with Crippen LogP contribution in [0.1, 0.15) is 28.4 Å². The number of hydrogen-bond donors (Lipinski definition) is 0. The number of ether oxygens (including phenoxy) is 2. The zero-order valence-electron chi connectivity index (χ0n) is 14.2. The topological polar surface area (TPSA) is 99.4 Å². The lowest BCUT2D eigenvalue weighted by atomic mass is 10.0. The van der Waals surface area contributed by atoms with Gasteiger partial charge in [0.25, 0.3) is 11.9 Å². The maximum Gasteiger partial charge on any atom is 0.509 e. The highest BCUT2D eigenvalue weighted by atomic mass is 16.7. The van der Waals surface area contributed by atoms with Gasteiger partial charge in [-0.25, -0.2) is 14.4 Å². The number of amides is 1. The monoisotopic (exact) mass is 333 g/mol. The molecule has 0 saturated carbocycles. The molecule has 0 radical (unpaired) electrons. The average molecular weight is 333 g/mol. The SMILES string of the molecule is COC(=O)OC(C)N(C(=O)c1ccc(C)cc1C)c1nnnn1C. The predicted molar refractivity (Wildman–Crippen MR) is 84.5 cm³/mol. The van der Waals surface area contributed by atoms with E-state index in [9.17, 15) is 9.59 Å². The van der Waals surface area contributed by atoms with E-state index in [-0.39, 0.29) is 11.9 Å². The summed E-state index contributed by atoms with van der Waals surface area (Å²) in [7, 11) is 2.78. The predicted octanol–water partition coefficient (Wildman–Crippen LogP) is 1.60. The minimum Gasteiger partial charge on any atom is -0.438 e. The molecule has 0 aliphatic heterocycles. The number of carbonyl (C=O) groups excluding carboxylic acids is 2. The van der Waals surface area contributed by atoms with Crippen LogP contribution < -0.4 is 4.90 Å². The fourth-order valence-corrected chi connectivity index (χ4v) is 2.27. The Hall–Kier alpha value is -2.97. The number of nitrogens with zero attached hydrogens (tertiary/aromatic N) is 5. The van der Waals surface area contributed by atoms with Crippen LogP contribution >= 0.6 is 0 Å². The van der Waals surface area contributed by atoms with Crippen LogP contribution in [0.15, 0.2) is 18.2 Å². The van der Waals surface area contributed by atoms with Crippen LogP contribution in [0.2, 0.25) is 0 Å². The molecule has 1 atom stereocenters. The Morgan fingerprint density at radius 1 is 1.29 bits per heavy atom. The second-order valence-corrected chi connectivity index (χ2v) is 5.27. The van der Waals surface area contributed by atoms with E-state index in [1.165, 1.54) is 23.6 Å². The summed E-state index contributed by atoms with van der Waals surface area (Å²) < 4.78 is 10.9. The molecule has 0 spiro atoms. The van der Waals surface area contributed by atoms with Crippen LogP contribution in [0.4, 0.5) is 10.7 Å². The molecule has 0 aliphatic rings. The smallest absolute Gasteiger partial charge is 0.438 e. The lowest BCUT2D eigenvalue weighted by molar-refractivity contribution is 0.0401. The summed E-state index contributed by atoms with van der Waals surface area (Å²) in [5.74, 6) is -0.238. The van der Waals surface area contributed by atoms with E-state index >= 15 is 0 Å². The van der Waals surface area contributed by atoms with Gasteiger partial charge in [-0.3, -0.25) is 4.79 Å². The van der Waals surface area contributed by atoms with Gasteiger partial charge in [0.05, 0.1) is 7.11 Å². The number of aryl methyl sites for hydroxylation is 3. The summed E-state index contributed by atoms with van der Waals surface area (Å²) in [6.07, 6.45) is -1.87. The number of carbonyl (C=O) groups is 2. The van der Waals surface area contributed by atoms with Gasteiger partial charge < -0.3 is 9.47 Å². The molecular formula is C15H19N5O4. The molecule has 0 N–H and O–H groups in total. The molecule has 1 aromatic heterocycles. The zero-order chi connectivity index (χ0) is 17.9. The van der Waals surface area contributed by atoms with Crippen molar-refractivity contribution in [3.8, 4) is 0 Å². The first-order valence-electron chi connectivity index (χ1n) is 7.23. The second kappa shape index (κ2) is 7.07. The quantitative estimate of drug-likeness (QED) is 0.619. The highest BCUT2D eigenvalue weighted by molar-refractivity contribution is 6.06. The van der Waals surface area contributed by atoms with Crippen LogP contribution in [-0.2, 0) is 16.5 Å². The van der Waals surface area contributed by atoms with E-state index in [0.717, 1.165) is 11.1 Å². The Morgan fingerprint density at radius 3 is 2.54 bits per heavy atom. The maximum absolute atomic E-state index is 13.0. The largest absolute Gasteiger partial charge is 0.509 e. The van der Waals surface area contributed by atoms with Gasteiger partial charge in [0, 0.05) is 12.6 Å². The maximum atomic E-state index is 13.0. The van der Waals surface area contributed by atoms with Crippen molar-refractivity contribution in [2.45, 2.75) is 27.0 Å². The molecule has 2 rings (SSSR count). The van der Waals surface area contributed by atoms with E-state index in [2.05, 4.69) is 20.3 Å². The summed E-state index contributed by atoms with van der Waals surface area (Å²) in [6.45, 7) is 5.31. The van der Waals surface area contributed by atoms with Gasteiger partial charge in [-0.15, -0.1) is 0 Å². The van der Waals surface area contributed by atoms with Crippen molar-refractivity contribution in [1.29, 1.82) is 0 Å². The van der Waals surface area contributed by atoms with Gasteiger partial charge in [0.1, 0.15) is 0 Å². The van der Waals surface area contributed by atoms with Crippen molar-refractivity contribution in [3.05, 3.63) is 34.9 Å². The molecule has 0 bridgehead atoms. The van der Waals surface area contributed by atoms with Crippen molar-refractivity contribution in [1.82, 2.24) is 20.2 Å². The third-order valence-corrected chi connectivity index (χ3v) is 3.44. The minimum absolute atomic E-state index is 0.149. The third kappa shape index (κ3) is 3.50. The van der Waals surface area contributed by atoms with Gasteiger partial charge >= 0.3 is 6.16 Å². The highest BCUT2D eigenvalue weighted by Gasteiger charge is 2.31. The van der Waals surface area contributed by atoms with Crippen molar-refractivity contribution in [3.63, 3.8) is 0 Å². The number of hydrogen-bond acceptors (Lipinski definition) is 7. The van der Waals surface area contributed by atoms with Crippen LogP contribution in [-0.4, -0.2) is 45.6 Å². The van der Waals surface area contributed by atoms with Crippen LogP contribution in [0.3, 0.4) is 0 Å². The highest BCUT2D eigenvalue weighted by Crippen LogP contribution is 2.20. The third-order valence-electron chi connectivity index (χ3n) is 3.44. The molecule has 2 aromatic rings. The van der Waals surface area contributed by atoms with Gasteiger partial charge in [0.2, 0.25) is 0 Å². The average Bonchev–Trinajstić information content (AvgIpc) is 2.93. The molecule has 1 heterocycles. The van der Waals surface area contributed by atoms with E-state index in [4.69, 9.17) is 4.74 Å². The van der Waals surface area contributed by atoms with Gasteiger partial charge in [-0.1, -0.05) is 22.8 Å². The van der Waals surface area contributed by atoms with E-state index < -0.39 is 12.4 Å². The lowest BCUT2D eigenvalue weighted by Gasteiger charge is -2.26. The minimum atomic E-state index is -0.963. The Labute approximate surface area is 139 Å².